The zero-order valence-electron chi connectivity index (χ0n) is 24.1. The minimum Gasteiger partial charge on any atom is -0.481 e. The third-order valence-electron chi connectivity index (χ3n) is 13.8. The molecule has 37 heavy (non-hydrogen) atoms. The van der Waals surface area contributed by atoms with Gasteiger partial charge in [-0.1, -0.05) is 47.1 Å². The Morgan fingerprint density at radius 2 is 1.73 bits per heavy atom. The number of hydrogen-bond acceptors (Lipinski definition) is 4. The van der Waals surface area contributed by atoms with E-state index in [0.717, 1.165) is 25.7 Å². The molecule has 0 aromatic heterocycles. The molecule has 0 aromatic rings. The second-order valence-corrected chi connectivity index (χ2v) is 15.0. The molecule has 0 amide bonds. The highest BCUT2D eigenvalue weighted by atomic mass is 16.5. The van der Waals surface area contributed by atoms with E-state index in [1.165, 1.54) is 24.8 Å². The maximum atomic E-state index is 14.4. The lowest BCUT2D eigenvalue weighted by molar-refractivity contribution is -0.210. The molecule has 0 aromatic carbocycles. The van der Waals surface area contributed by atoms with Crippen molar-refractivity contribution >= 4 is 18.2 Å². The van der Waals surface area contributed by atoms with E-state index in [2.05, 4.69) is 47.6 Å². The van der Waals surface area contributed by atoms with Crippen LogP contribution in [-0.2, 0) is 19.1 Å². The van der Waals surface area contributed by atoms with Gasteiger partial charge in [-0.25, -0.2) is 0 Å². The third-order valence-corrected chi connectivity index (χ3v) is 13.8. The van der Waals surface area contributed by atoms with Gasteiger partial charge in [0.05, 0.1) is 12.0 Å². The van der Waals surface area contributed by atoms with E-state index in [4.69, 9.17) is 4.74 Å². The van der Waals surface area contributed by atoms with Crippen LogP contribution in [0.3, 0.4) is 0 Å². The van der Waals surface area contributed by atoms with Crippen molar-refractivity contribution in [3.8, 4) is 0 Å². The van der Waals surface area contributed by atoms with Crippen LogP contribution in [0, 0.1) is 62.6 Å². The predicted molar refractivity (Wildman–Crippen MR) is 143 cm³/mol. The first-order valence-corrected chi connectivity index (χ1v) is 14.8. The first kappa shape index (κ1) is 26.9. The number of aliphatic carboxylic acids is 1. The number of allylic oxidation sites excluding steroid dienone is 2. The van der Waals surface area contributed by atoms with Crippen LogP contribution in [0.5, 0.6) is 0 Å². The normalized spacial score (nSPS) is 53.1. The number of ketones is 1. The number of rotatable bonds is 4. The van der Waals surface area contributed by atoms with Gasteiger partial charge in [0.15, 0.2) is 5.78 Å². The Morgan fingerprint density at radius 1 is 1.03 bits per heavy atom. The first-order chi connectivity index (χ1) is 17.2. The molecule has 3 unspecified atom stereocenters. The van der Waals surface area contributed by atoms with Crippen LogP contribution in [0.1, 0.15) is 99.8 Å². The van der Waals surface area contributed by atoms with Crippen LogP contribution in [0.4, 0.5) is 0 Å². The van der Waals surface area contributed by atoms with Gasteiger partial charge in [0, 0.05) is 11.8 Å². The Hall–Kier alpha value is -1.65. The summed E-state index contributed by atoms with van der Waals surface area (Å²) in [6, 6.07) is 0. The van der Waals surface area contributed by atoms with E-state index in [1.807, 2.05) is 6.92 Å². The third kappa shape index (κ3) is 3.30. The van der Waals surface area contributed by atoms with Crippen molar-refractivity contribution in [3.63, 3.8) is 0 Å². The van der Waals surface area contributed by atoms with Crippen molar-refractivity contribution in [2.24, 2.45) is 62.6 Å². The molecule has 0 aliphatic heterocycles. The van der Waals surface area contributed by atoms with Gasteiger partial charge in [0.1, 0.15) is 0 Å². The second kappa shape index (κ2) is 8.42. The number of carboxylic acid groups (broad SMARTS) is 1. The summed E-state index contributed by atoms with van der Waals surface area (Å²) in [5.41, 5.74) is 0.0204. The highest BCUT2D eigenvalue weighted by Gasteiger charge is 2.71. The average molecular weight is 513 g/mol. The van der Waals surface area contributed by atoms with E-state index >= 15 is 0 Å². The zero-order valence-corrected chi connectivity index (χ0v) is 24.1. The fraction of sp³-hybridized carbons (Fsp3) is 0.844. The minimum atomic E-state index is -1.03. The van der Waals surface area contributed by atoms with Crippen LogP contribution >= 0.6 is 0 Å². The zero-order chi connectivity index (χ0) is 27.2. The van der Waals surface area contributed by atoms with Crippen LogP contribution < -0.4 is 0 Å². The molecule has 4 fully saturated rings. The molecule has 5 heteroatoms. The molecule has 11 atom stereocenters. The molecular weight excluding hydrogens is 464 g/mol. The lowest BCUT2D eigenvalue weighted by Gasteiger charge is -2.70. The van der Waals surface area contributed by atoms with Gasteiger partial charge >= 0.3 is 5.97 Å². The Kier molecular flexibility index (Phi) is 6.13. The van der Waals surface area contributed by atoms with E-state index in [9.17, 15) is 19.5 Å². The summed E-state index contributed by atoms with van der Waals surface area (Å²) >= 11 is 0. The van der Waals surface area contributed by atoms with Crippen molar-refractivity contribution in [1.29, 1.82) is 0 Å². The molecule has 5 aliphatic carbocycles. The average Bonchev–Trinajstić information content (AvgIpc) is 2.82. The summed E-state index contributed by atoms with van der Waals surface area (Å²) in [7, 11) is 0. The number of hydrogen-bond donors (Lipinski definition) is 1. The van der Waals surface area contributed by atoms with Gasteiger partial charge in [-0.05, 0) is 110 Å². The molecule has 206 valence electrons. The van der Waals surface area contributed by atoms with Gasteiger partial charge in [-0.2, -0.15) is 0 Å². The van der Waals surface area contributed by atoms with E-state index in [0.29, 0.717) is 30.6 Å². The van der Waals surface area contributed by atoms with Crippen molar-refractivity contribution in [2.75, 3.05) is 6.61 Å². The molecule has 0 saturated heterocycles. The number of ether oxygens (including phenoxy) is 1. The summed E-state index contributed by atoms with van der Waals surface area (Å²) < 4.78 is 5.12. The Labute approximate surface area is 223 Å². The molecule has 5 nitrogen and oxygen atoms in total. The molecule has 1 N–H and O–H groups in total. The fourth-order valence-electron chi connectivity index (χ4n) is 11.2. The summed E-state index contributed by atoms with van der Waals surface area (Å²) in [4.78, 5) is 38.2. The monoisotopic (exact) mass is 512 g/mol. The summed E-state index contributed by atoms with van der Waals surface area (Å²) in [5.74, 6) is 0.543. The molecule has 0 heterocycles. The molecule has 0 radical (unpaired) electrons. The molecule has 0 spiro atoms. The Bertz CT molecular complexity index is 1030. The second-order valence-electron chi connectivity index (χ2n) is 15.0. The lowest BCUT2D eigenvalue weighted by Crippen LogP contribution is -2.67. The van der Waals surface area contributed by atoms with Crippen LogP contribution in [0.15, 0.2) is 11.6 Å². The Balaban J connectivity index is 1.61. The number of carbonyl (C=O) groups excluding carboxylic acids is 2. The highest BCUT2D eigenvalue weighted by Crippen LogP contribution is 2.75. The van der Waals surface area contributed by atoms with Gasteiger partial charge < -0.3 is 9.84 Å². The quantitative estimate of drug-likeness (QED) is 0.424. The van der Waals surface area contributed by atoms with E-state index in [1.54, 1.807) is 0 Å². The van der Waals surface area contributed by atoms with Gasteiger partial charge in [-0.15, -0.1) is 0 Å². The minimum absolute atomic E-state index is 0.0494. The van der Waals surface area contributed by atoms with Gasteiger partial charge in [0.2, 0.25) is 0 Å². The van der Waals surface area contributed by atoms with Gasteiger partial charge in [-0.3, -0.25) is 14.4 Å². The number of fused-ring (bicyclic) bond motifs is 7. The number of carbonyl (C=O) groups is 3. The van der Waals surface area contributed by atoms with Crippen molar-refractivity contribution in [1.82, 2.24) is 0 Å². The lowest BCUT2D eigenvalue weighted by atomic mass is 9.32. The predicted octanol–water partition coefficient (Wildman–Crippen LogP) is 6.70. The smallest absolute Gasteiger partial charge is 0.310 e. The summed E-state index contributed by atoms with van der Waals surface area (Å²) in [5, 5.41) is 10.6. The topological polar surface area (TPSA) is 80.7 Å². The standard InChI is InChI=1S/C32H48O5/c1-19-8-11-28(3)14-15-30(5)22(25(28)20(19)2)16-23(34)26-29(4)12-9-21(17-37-18-33)32(7,27(35)36)24(29)10-13-31(26,30)6/h16,18-21,24-26H,8-15,17H2,1-7H3,(H,35,36)/t19-,20-,21+,24?,25?,26?,28+,29-,30-,31+,32+/m0/s1. The van der Waals surface area contributed by atoms with E-state index in [-0.39, 0.29) is 46.4 Å². The maximum absolute atomic E-state index is 14.4. The number of carboxylic acids is 1. The molecule has 0 bridgehead atoms. The van der Waals surface area contributed by atoms with Crippen molar-refractivity contribution in [2.45, 2.75) is 99.8 Å². The summed E-state index contributed by atoms with van der Waals surface area (Å²) in [6.45, 7) is 16.7. The maximum Gasteiger partial charge on any atom is 0.310 e. The molecular formula is C32H48O5. The molecule has 5 aliphatic rings. The first-order valence-electron chi connectivity index (χ1n) is 14.8. The molecule has 4 saturated carbocycles. The molecule has 5 rings (SSSR count). The van der Waals surface area contributed by atoms with E-state index < -0.39 is 16.8 Å². The largest absolute Gasteiger partial charge is 0.481 e. The van der Waals surface area contributed by atoms with Crippen molar-refractivity contribution < 1.29 is 24.2 Å². The van der Waals surface area contributed by atoms with Gasteiger partial charge in [0.25, 0.3) is 6.47 Å². The summed E-state index contributed by atoms with van der Waals surface area (Å²) in [6.07, 6.45) is 10.0. The highest BCUT2D eigenvalue weighted by molar-refractivity contribution is 5.96. The Morgan fingerprint density at radius 3 is 2.38 bits per heavy atom. The SMILES string of the molecule is C[C@@H]1C2C3=CC(=O)C4[C@@]5(C)CC[C@H](COC=O)[C@@](C)(C(=O)O)C5CC[C@@]4(C)[C@@]3(C)CC[C@@]2(C)CC[C@@H]1C. The van der Waals surface area contributed by atoms with Crippen molar-refractivity contribution in [3.05, 3.63) is 11.6 Å². The van der Waals surface area contributed by atoms with Crippen LogP contribution in [0.25, 0.3) is 0 Å². The fourth-order valence-corrected chi connectivity index (χ4v) is 11.2. The van der Waals surface area contributed by atoms with Crippen LogP contribution in [-0.4, -0.2) is 29.9 Å². The van der Waals surface area contributed by atoms with Crippen LogP contribution in [0.2, 0.25) is 0 Å².